The molecule has 50 heavy (non-hydrogen) atoms. The molecule has 0 aromatic heterocycles. The highest BCUT2D eigenvalue weighted by Gasteiger charge is 2.41. The smallest absolute Gasteiger partial charge is 0.432 e. The predicted octanol–water partition coefficient (Wildman–Crippen LogP) is 13.0. The van der Waals surface area contributed by atoms with E-state index in [1.54, 1.807) is 6.07 Å². The van der Waals surface area contributed by atoms with Crippen LogP contribution in [0.2, 0.25) is 5.02 Å². The first kappa shape index (κ1) is 37.1. The van der Waals surface area contributed by atoms with E-state index >= 15 is 17.6 Å². The quantitative estimate of drug-likeness (QED) is 0.119. The average molecular weight is 731 g/mol. The van der Waals surface area contributed by atoms with Crippen LogP contribution in [0.3, 0.4) is 0 Å². The molecule has 266 valence electrons. The third-order valence-electron chi connectivity index (χ3n) is 8.58. The number of allylic oxidation sites excluding steroid dienone is 1. The summed E-state index contributed by atoms with van der Waals surface area (Å²) in [6, 6.07) is 9.24. The van der Waals surface area contributed by atoms with E-state index in [1.165, 1.54) is 24.6 Å². The Morgan fingerprint density at radius 3 is 1.98 bits per heavy atom. The van der Waals surface area contributed by atoms with Crippen LogP contribution in [0.25, 0.3) is 22.3 Å². The molecule has 0 radical (unpaired) electrons. The maximum Gasteiger partial charge on any atom is 0.432 e. The maximum atomic E-state index is 15.4. The van der Waals surface area contributed by atoms with Crippen molar-refractivity contribution in [2.75, 3.05) is 0 Å². The Kier molecular flexibility index (Phi) is 11.1. The van der Waals surface area contributed by atoms with Crippen molar-refractivity contribution < 1.29 is 53.4 Å². The molecule has 1 aliphatic rings. The molecule has 0 bridgehead atoms. The second-order valence-corrected chi connectivity index (χ2v) is 12.5. The van der Waals surface area contributed by atoms with Crippen LogP contribution < -0.4 is 9.47 Å². The van der Waals surface area contributed by atoms with Gasteiger partial charge in [0.15, 0.2) is 11.6 Å². The second-order valence-electron chi connectivity index (χ2n) is 12.0. The van der Waals surface area contributed by atoms with E-state index in [9.17, 15) is 26.3 Å². The first-order chi connectivity index (χ1) is 23.6. The molecule has 5 rings (SSSR count). The molecule has 0 heterocycles. The van der Waals surface area contributed by atoms with Crippen LogP contribution in [0.15, 0.2) is 73.0 Å². The number of benzene rings is 4. The molecule has 0 N–H and O–H groups in total. The predicted molar refractivity (Wildman–Crippen MR) is 169 cm³/mol. The summed E-state index contributed by atoms with van der Waals surface area (Å²) in [6.45, 7) is 2.15. The molecule has 1 fully saturated rings. The van der Waals surface area contributed by atoms with Crippen LogP contribution in [0.4, 0.5) is 43.9 Å². The molecule has 0 saturated heterocycles. The van der Waals surface area contributed by atoms with Crippen LogP contribution >= 0.6 is 11.6 Å². The summed E-state index contributed by atoms with van der Waals surface area (Å²) in [5.74, 6) is -7.73. The maximum absolute atomic E-state index is 15.4. The summed E-state index contributed by atoms with van der Waals surface area (Å²) in [6.07, 6.45) is -3.42. The van der Waals surface area contributed by atoms with Gasteiger partial charge in [0, 0.05) is 17.2 Å². The number of hydrogen-bond donors (Lipinski definition) is 0. The monoisotopic (exact) mass is 730 g/mol. The van der Waals surface area contributed by atoms with Crippen LogP contribution in [-0.4, -0.2) is 6.18 Å². The zero-order valence-electron chi connectivity index (χ0n) is 26.3. The lowest BCUT2D eigenvalue weighted by molar-refractivity contribution is -0.189. The number of halogens is 11. The van der Waals surface area contributed by atoms with E-state index in [0.717, 1.165) is 43.7 Å². The van der Waals surface area contributed by atoms with Crippen molar-refractivity contribution in [3.05, 3.63) is 118 Å². The Bertz CT molecular complexity index is 1830. The normalized spacial score (nSPS) is 17.0. The molecule has 4 aromatic carbocycles. The fourth-order valence-corrected chi connectivity index (χ4v) is 6.55. The molecule has 0 aliphatic heterocycles. The van der Waals surface area contributed by atoms with Gasteiger partial charge in [-0.3, -0.25) is 0 Å². The third-order valence-corrected chi connectivity index (χ3v) is 8.88. The van der Waals surface area contributed by atoms with E-state index in [-0.39, 0.29) is 34.4 Å². The zero-order chi connectivity index (χ0) is 36.4. The highest BCUT2D eigenvalue weighted by atomic mass is 35.5. The van der Waals surface area contributed by atoms with Gasteiger partial charge >= 0.3 is 12.3 Å². The van der Waals surface area contributed by atoms with Crippen molar-refractivity contribution in [1.29, 1.82) is 0 Å². The lowest BCUT2D eigenvalue weighted by Crippen LogP contribution is -2.25. The van der Waals surface area contributed by atoms with E-state index in [4.69, 9.17) is 11.6 Å². The molecule has 0 unspecified atom stereocenters. The summed E-state index contributed by atoms with van der Waals surface area (Å²) >= 11 is 6.30. The van der Waals surface area contributed by atoms with Crippen molar-refractivity contribution in [3.8, 4) is 33.8 Å². The summed E-state index contributed by atoms with van der Waals surface area (Å²) in [5.41, 5.74) is -2.07. The van der Waals surface area contributed by atoms with Crippen molar-refractivity contribution in [2.24, 2.45) is 5.92 Å². The molecule has 13 heteroatoms. The SMILES string of the molecule is CCCC1CCC(c2ccc(-c3cc(F)c(-c4cc(F)c(C(F)(F)Oc5ccc(O/C=C/C(F)(F)F)c(F)c5)c(F)c4)c(Cl)c3)c(F)c2)CC1. The summed E-state index contributed by atoms with van der Waals surface area (Å²) in [5, 5.41) is -0.379. The number of hydrogen-bond acceptors (Lipinski definition) is 2. The van der Waals surface area contributed by atoms with Crippen LogP contribution in [0, 0.1) is 35.0 Å². The minimum absolute atomic E-state index is 0.0408. The van der Waals surface area contributed by atoms with Gasteiger partial charge in [0.05, 0.1) is 17.4 Å². The van der Waals surface area contributed by atoms with Crippen molar-refractivity contribution in [2.45, 2.75) is 63.7 Å². The van der Waals surface area contributed by atoms with Crippen LogP contribution in [-0.2, 0) is 6.11 Å². The van der Waals surface area contributed by atoms with Gasteiger partial charge in [-0.05, 0) is 96.7 Å². The van der Waals surface area contributed by atoms with Gasteiger partial charge in [-0.1, -0.05) is 43.5 Å². The van der Waals surface area contributed by atoms with Gasteiger partial charge in [-0.2, -0.15) is 22.0 Å². The van der Waals surface area contributed by atoms with Gasteiger partial charge in [0.1, 0.15) is 34.6 Å². The van der Waals surface area contributed by atoms with Gasteiger partial charge < -0.3 is 9.47 Å². The largest absolute Gasteiger partial charge is 0.462 e. The Morgan fingerprint density at radius 2 is 1.40 bits per heavy atom. The van der Waals surface area contributed by atoms with Gasteiger partial charge in [0.2, 0.25) is 0 Å². The highest BCUT2D eigenvalue weighted by molar-refractivity contribution is 6.33. The third kappa shape index (κ3) is 8.57. The molecule has 1 aliphatic carbocycles. The number of alkyl halides is 5. The molecule has 1 saturated carbocycles. The molecule has 2 nitrogen and oxygen atoms in total. The van der Waals surface area contributed by atoms with E-state index in [0.29, 0.717) is 36.2 Å². The molecule has 4 aromatic rings. The second kappa shape index (κ2) is 15.0. The molecule has 0 amide bonds. The fourth-order valence-electron chi connectivity index (χ4n) is 6.24. The Balaban J connectivity index is 1.35. The summed E-state index contributed by atoms with van der Waals surface area (Å²) in [4.78, 5) is 0. The van der Waals surface area contributed by atoms with Crippen molar-refractivity contribution >= 4 is 11.6 Å². The first-order valence-electron chi connectivity index (χ1n) is 15.6. The van der Waals surface area contributed by atoms with Gasteiger partial charge in [-0.25, -0.2) is 22.0 Å². The van der Waals surface area contributed by atoms with Gasteiger partial charge in [0.25, 0.3) is 0 Å². The van der Waals surface area contributed by atoms with Crippen LogP contribution in [0.5, 0.6) is 11.5 Å². The summed E-state index contributed by atoms with van der Waals surface area (Å²) in [7, 11) is 0. The topological polar surface area (TPSA) is 18.5 Å². The minimum atomic E-state index is -4.76. The molecule has 0 spiro atoms. The molecular weight excluding hydrogens is 702 g/mol. The number of ether oxygens (including phenoxy) is 2. The van der Waals surface area contributed by atoms with E-state index in [1.807, 2.05) is 0 Å². The lowest BCUT2D eigenvalue weighted by Gasteiger charge is -2.28. The van der Waals surface area contributed by atoms with Crippen molar-refractivity contribution in [3.63, 3.8) is 0 Å². The Hall–Kier alpha value is -4.19. The highest BCUT2D eigenvalue weighted by Crippen LogP contribution is 2.42. The van der Waals surface area contributed by atoms with Crippen molar-refractivity contribution in [1.82, 2.24) is 0 Å². The zero-order valence-corrected chi connectivity index (χ0v) is 27.1. The Labute approximate surface area is 286 Å². The van der Waals surface area contributed by atoms with E-state index < -0.39 is 69.6 Å². The number of rotatable bonds is 10. The van der Waals surface area contributed by atoms with Crippen LogP contribution in [0.1, 0.15) is 62.5 Å². The summed E-state index contributed by atoms with van der Waals surface area (Å²) < 4.78 is 151. The first-order valence-corrected chi connectivity index (χ1v) is 16.0. The van der Waals surface area contributed by atoms with E-state index in [2.05, 4.69) is 16.4 Å². The standard InChI is InChI=1S/C37H29ClF10O2/c1-2-3-20-4-6-21(7-5-20)22-8-10-26(28(39)15-22)23-14-27(38)34(30(41)16-23)24-17-31(42)35(32(43)18-24)37(47,48)50-25-9-11-33(29(40)19-25)49-13-12-36(44,45)46/h8-21H,2-7H2,1H3/b13-12+. The average Bonchev–Trinajstić information content (AvgIpc) is 3.01. The molecule has 0 atom stereocenters. The minimum Gasteiger partial charge on any atom is -0.462 e. The molecular formula is C37H29ClF10O2. The van der Waals surface area contributed by atoms with Gasteiger partial charge in [-0.15, -0.1) is 0 Å². The Morgan fingerprint density at radius 1 is 0.740 bits per heavy atom. The fraction of sp³-hybridized carbons (Fsp3) is 0.297. The lowest BCUT2D eigenvalue weighted by atomic mass is 9.77.